The number of carbonyl (C=O) groups is 2. The predicted molar refractivity (Wildman–Crippen MR) is 32.4 cm³/mol. The van der Waals surface area contributed by atoms with E-state index in [0.717, 1.165) is 0 Å². The largest absolute Gasteiger partial charge is 0.477 e. The van der Waals surface area contributed by atoms with E-state index in [-0.39, 0.29) is 11.6 Å². The van der Waals surface area contributed by atoms with Crippen LogP contribution in [0, 0.1) is 5.92 Å². The summed E-state index contributed by atoms with van der Waals surface area (Å²) in [5.74, 6) is -2.14. The standard InChI is InChI=1S/C5H6N2O3/c1-2-3(5(9)10)6-7-4(2)8/h2H,1H3,(H,7,8)(H,9,10). The highest BCUT2D eigenvalue weighted by molar-refractivity contribution is 6.41. The normalized spacial score (nSPS) is 23.9. The van der Waals surface area contributed by atoms with Gasteiger partial charge in [0.2, 0.25) is 5.91 Å². The van der Waals surface area contributed by atoms with Crippen molar-refractivity contribution in [1.29, 1.82) is 0 Å². The number of hydrogen-bond acceptors (Lipinski definition) is 3. The molecule has 2 N–H and O–H groups in total. The lowest BCUT2D eigenvalue weighted by molar-refractivity contribution is -0.130. The van der Waals surface area contributed by atoms with Gasteiger partial charge in [-0.25, -0.2) is 10.2 Å². The zero-order valence-corrected chi connectivity index (χ0v) is 5.29. The smallest absolute Gasteiger partial charge is 0.352 e. The van der Waals surface area contributed by atoms with Crippen LogP contribution in [0.1, 0.15) is 6.92 Å². The summed E-state index contributed by atoms with van der Waals surface area (Å²) in [5.41, 5.74) is 1.95. The molecule has 1 aliphatic heterocycles. The molecule has 1 atom stereocenters. The fourth-order valence-corrected chi connectivity index (χ4v) is 0.666. The van der Waals surface area contributed by atoms with Crippen LogP contribution in [0.2, 0.25) is 0 Å². The summed E-state index contributed by atoms with van der Waals surface area (Å²) in [6.45, 7) is 1.50. The maximum absolute atomic E-state index is 10.6. The van der Waals surface area contributed by atoms with E-state index in [1.54, 1.807) is 0 Å². The highest BCUT2D eigenvalue weighted by Gasteiger charge is 2.29. The molecule has 0 aromatic carbocycles. The molecule has 0 bridgehead atoms. The Morgan fingerprint density at radius 1 is 1.80 bits per heavy atom. The molecule has 0 aromatic heterocycles. The van der Waals surface area contributed by atoms with Crippen molar-refractivity contribution in [2.75, 3.05) is 0 Å². The molecule has 5 nitrogen and oxygen atoms in total. The van der Waals surface area contributed by atoms with E-state index in [4.69, 9.17) is 5.11 Å². The Morgan fingerprint density at radius 2 is 2.40 bits per heavy atom. The molecule has 0 radical (unpaired) electrons. The molecule has 0 saturated carbocycles. The second-order valence-corrected chi connectivity index (χ2v) is 2.00. The zero-order chi connectivity index (χ0) is 7.72. The number of nitrogens with zero attached hydrogens (tertiary/aromatic N) is 1. The van der Waals surface area contributed by atoms with Gasteiger partial charge in [-0.05, 0) is 6.92 Å². The molecule has 54 valence electrons. The third kappa shape index (κ3) is 0.854. The number of hydrazone groups is 1. The van der Waals surface area contributed by atoms with E-state index in [1.165, 1.54) is 6.92 Å². The summed E-state index contributed by atoms with van der Waals surface area (Å²) in [5, 5.41) is 11.7. The number of carboxylic acids is 1. The molecule has 5 heteroatoms. The van der Waals surface area contributed by atoms with Crippen LogP contribution in [0.5, 0.6) is 0 Å². The van der Waals surface area contributed by atoms with Gasteiger partial charge in [-0.15, -0.1) is 0 Å². The average molecular weight is 142 g/mol. The van der Waals surface area contributed by atoms with Gasteiger partial charge in [-0.3, -0.25) is 4.79 Å². The molecule has 0 fully saturated rings. The predicted octanol–water partition coefficient (Wildman–Crippen LogP) is -0.807. The van der Waals surface area contributed by atoms with E-state index in [1.807, 2.05) is 0 Å². The number of hydrogen-bond donors (Lipinski definition) is 2. The molecule has 0 saturated heterocycles. The molecule has 1 rings (SSSR count). The van der Waals surface area contributed by atoms with E-state index in [9.17, 15) is 9.59 Å². The number of rotatable bonds is 1. The first-order chi connectivity index (χ1) is 4.63. The maximum atomic E-state index is 10.6. The van der Waals surface area contributed by atoms with Gasteiger partial charge in [-0.1, -0.05) is 0 Å². The van der Waals surface area contributed by atoms with Crippen molar-refractivity contribution in [2.24, 2.45) is 11.0 Å². The third-order valence-corrected chi connectivity index (χ3v) is 1.31. The summed E-state index contributed by atoms with van der Waals surface area (Å²) in [6, 6.07) is 0. The first kappa shape index (κ1) is 6.73. The van der Waals surface area contributed by atoms with E-state index in [0.29, 0.717) is 0 Å². The van der Waals surface area contributed by atoms with Gasteiger partial charge >= 0.3 is 5.97 Å². The Labute approximate surface area is 56.7 Å². The molecule has 0 aromatic rings. The van der Waals surface area contributed by atoms with Crippen molar-refractivity contribution < 1.29 is 14.7 Å². The van der Waals surface area contributed by atoms with Crippen molar-refractivity contribution in [2.45, 2.75) is 6.92 Å². The second-order valence-electron chi connectivity index (χ2n) is 2.00. The van der Waals surface area contributed by atoms with Crippen molar-refractivity contribution >= 4 is 17.6 Å². The average Bonchev–Trinajstić information content (AvgIpc) is 2.14. The molecule has 0 aliphatic carbocycles. The lowest BCUT2D eigenvalue weighted by Crippen LogP contribution is -2.24. The number of amides is 1. The number of aliphatic carboxylic acids is 1. The van der Waals surface area contributed by atoms with Crippen molar-refractivity contribution in [3.05, 3.63) is 0 Å². The fraction of sp³-hybridized carbons (Fsp3) is 0.400. The van der Waals surface area contributed by atoms with Gasteiger partial charge < -0.3 is 5.11 Å². The Balaban J connectivity index is 2.81. The molecular formula is C5H6N2O3. The Bertz CT molecular complexity index is 221. The summed E-state index contributed by atoms with van der Waals surface area (Å²) in [6.07, 6.45) is 0. The first-order valence-corrected chi connectivity index (χ1v) is 2.73. The first-order valence-electron chi connectivity index (χ1n) is 2.73. The summed E-state index contributed by atoms with van der Waals surface area (Å²) < 4.78 is 0. The van der Waals surface area contributed by atoms with Gasteiger partial charge in [-0.2, -0.15) is 5.10 Å². The molecule has 0 spiro atoms. The van der Waals surface area contributed by atoms with E-state index in [2.05, 4.69) is 10.5 Å². The van der Waals surface area contributed by atoms with Gasteiger partial charge in [0, 0.05) is 0 Å². The van der Waals surface area contributed by atoms with Crippen LogP contribution in [-0.4, -0.2) is 22.7 Å². The highest BCUT2D eigenvalue weighted by Crippen LogP contribution is 2.04. The highest BCUT2D eigenvalue weighted by atomic mass is 16.4. The topological polar surface area (TPSA) is 78.8 Å². The quantitative estimate of drug-likeness (QED) is 0.502. The van der Waals surface area contributed by atoms with Crippen LogP contribution in [0.3, 0.4) is 0 Å². The minimum Gasteiger partial charge on any atom is -0.477 e. The van der Waals surface area contributed by atoms with Crippen molar-refractivity contribution in [3.63, 3.8) is 0 Å². The summed E-state index contributed by atoms with van der Waals surface area (Å²) in [7, 11) is 0. The second kappa shape index (κ2) is 2.09. The van der Waals surface area contributed by atoms with Gasteiger partial charge in [0.25, 0.3) is 0 Å². The Kier molecular flexibility index (Phi) is 1.41. The number of nitrogens with one attached hydrogen (secondary N) is 1. The number of carbonyl (C=O) groups excluding carboxylic acids is 1. The lowest BCUT2D eigenvalue weighted by atomic mass is 10.1. The van der Waals surface area contributed by atoms with Crippen LogP contribution < -0.4 is 5.43 Å². The minimum absolute atomic E-state index is 0.120. The molecule has 1 heterocycles. The van der Waals surface area contributed by atoms with E-state index < -0.39 is 11.9 Å². The van der Waals surface area contributed by atoms with Crippen molar-refractivity contribution in [3.8, 4) is 0 Å². The zero-order valence-electron chi connectivity index (χ0n) is 5.29. The van der Waals surface area contributed by atoms with Crippen LogP contribution >= 0.6 is 0 Å². The molecule has 1 aliphatic rings. The summed E-state index contributed by atoms with van der Waals surface area (Å²) >= 11 is 0. The van der Waals surface area contributed by atoms with Gasteiger partial charge in [0.15, 0.2) is 5.71 Å². The number of carboxylic acid groups (broad SMARTS) is 1. The van der Waals surface area contributed by atoms with Crippen molar-refractivity contribution in [1.82, 2.24) is 5.43 Å². The fourth-order valence-electron chi connectivity index (χ4n) is 0.666. The molecule has 10 heavy (non-hydrogen) atoms. The lowest BCUT2D eigenvalue weighted by Gasteiger charge is -1.95. The Morgan fingerprint density at radius 3 is 2.60 bits per heavy atom. The van der Waals surface area contributed by atoms with Gasteiger partial charge in [0.05, 0.1) is 5.92 Å². The maximum Gasteiger partial charge on any atom is 0.352 e. The monoisotopic (exact) mass is 142 g/mol. The molecule has 1 amide bonds. The van der Waals surface area contributed by atoms with Crippen LogP contribution in [0.15, 0.2) is 5.10 Å². The van der Waals surface area contributed by atoms with Gasteiger partial charge in [0.1, 0.15) is 0 Å². The Hall–Kier alpha value is -1.39. The van der Waals surface area contributed by atoms with E-state index >= 15 is 0 Å². The molecular weight excluding hydrogens is 136 g/mol. The van der Waals surface area contributed by atoms with Crippen LogP contribution in [-0.2, 0) is 9.59 Å². The minimum atomic E-state index is -1.15. The summed E-state index contributed by atoms with van der Waals surface area (Å²) in [4.78, 5) is 20.8. The van der Waals surface area contributed by atoms with Crippen LogP contribution in [0.4, 0.5) is 0 Å². The van der Waals surface area contributed by atoms with Crippen LogP contribution in [0.25, 0.3) is 0 Å². The third-order valence-electron chi connectivity index (χ3n) is 1.31. The SMILES string of the molecule is CC1C(=O)NN=C1C(=O)O. The molecule has 1 unspecified atom stereocenters.